The van der Waals surface area contributed by atoms with E-state index in [4.69, 9.17) is 0 Å². The summed E-state index contributed by atoms with van der Waals surface area (Å²) in [5, 5.41) is 2.98. The summed E-state index contributed by atoms with van der Waals surface area (Å²) < 4.78 is 28.6. The molecule has 3 aromatic rings. The van der Waals surface area contributed by atoms with Crippen LogP contribution in [0.4, 0.5) is 0 Å². The van der Waals surface area contributed by atoms with Crippen molar-refractivity contribution in [1.29, 1.82) is 0 Å². The Morgan fingerprint density at radius 2 is 1.61 bits per heavy atom. The fraction of sp³-hybridized carbons (Fsp3) is 0.348. The molecule has 1 fully saturated rings. The molecule has 1 aliphatic carbocycles. The maximum absolute atomic E-state index is 13.1. The van der Waals surface area contributed by atoms with Gasteiger partial charge in [0.1, 0.15) is 6.54 Å². The molecule has 33 heavy (non-hydrogen) atoms. The molecule has 0 atom stereocenters. The topological polar surface area (TPSA) is 113 Å². The normalized spacial score (nSPS) is 16.8. The Balaban J connectivity index is 1.28. The number of carbonyl (C=O) groups excluding carboxylic acids is 1. The zero-order chi connectivity index (χ0) is 23.2. The number of benzene rings is 2. The van der Waals surface area contributed by atoms with Crippen LogP contribution in [0.3, 0.4) is 0 Å². The van der Waals surface area contributed by atoms with Gasteiger partial charge in [-0.05, 0) is 54.7 Å². The van der Waals surface area contributed by atoms with E-state index in [1.165, 1.54) is 14.8 Å². The smallest absolute Gasteiger partial charge is 0.273 e. The van der Waals surface area contributed by atoms with Crippen LogP contribution in [0, 0.1) is 0 Å². The maximum atomic E-state index is 13.1. The summed E-state index contributed by atoms with van der Waals surface area (Å²) in [6, 6.07) is 11.8. The van der Waals surface area contributed by atoms with Crippen molar-refractivity contribution < 1.29 is 13.2 Å². The number of hydrogen-bond acceptors (Lipinski definition) is 5. The van der Waals surface area contributed by atoms with Crippen LogP contribution in [0.1, 0.15) is 17.5 Å². The van der Waals surface area contributed by atoms with Crippen LogP contribution >= 0.6 is 0 Å². The molecule has 2 aliphatic rings. The first-order valence-electron chi connectivity index (χ1n) is 11.0. The van der Waals surface area contributed by atoms with Crippen molar-refractivity contribution in [2.75, 3.05) is 26.2 Å². The van der Waals surface area contributed by atoms with Gasteiger partial charge in [0.15, 0.2) is 0 Å². The summed E-state index contributed by atoms with van der Waals surface area (Å²) in [5.74, 6) is -0.349. The van der Waals surface area contributed by atoms with Gasteiger partial charge in [0.05, 0.1) is 15.7 Å². The van der Waals surface area contributed by atoms with Gasteiger partial charge in [0, 0.05) is 26.2 Å². The predicted octanol–water partition coefficient (Wildman–Crippen LogP) is 0.712. The van der Waals surface area contributed by atoms with Crippen LogP contribution < -0.4 is 11.1 Å². The third-order valence-corrected chi connectivity index (χ3v) is 8.37. The van der Waals surface area contributed by atoms with Gasteiger partial charge in [-0.3, -0.25) is 19.5 Å². The number of hydrogen-bond donors (Lipinski definition) is 1. The molecule has 1 N–H and O–H groups in total. The molecule has 10 heteroatoms. The fourth-order valence-corrected chi connectivity index (χ4v) is 6.10. The van der Waals surface area contributed by atoms with Gasteiger partial charge < -0.3 is 4.90 Å². The molecule has 1 amide bonds. The Morgan fingerprint density at radius 3 is 2.36 bits per heavy atom. The highest BCUT2D eigenvalue weighted by Crippen LogP contribution is 2.26. The Morgan fingerprint density at radius 1 is 0.909 bits per heavy atom. The largest absolute Gasteiger partial charge is 0.338 e. The predicted molar refractivity (Wildman–Crippen MR) is 123 cm³/mol. The second kappa shape index (κ2) is 8.27. The van der Waals surface area contributed by atoms with E-state index in [0.717, 1.165) is 29.5 Å². The second-order valence-corrected chi connectivity index (χ2v) is 10.4. The summed E-state index contributed by atoms with van der Waals surface area (Å²) in [6.07, 6.45) is 2.93. The van der Waals surface area contributed by atoms with Gasteiger partial charge in [0.25, 0.3) is 11.1 Å². The average molecular weight is 469 g/mol. The molecule has 0 bridgehead atoms. The molecule has 1 aliphatic heterocycles. The summed E-state index contributed by atoms with van der Waals surface area (Å²) in [5.41, 5.74) is 1.42. The number of rotatable bonds is 4. The number of amides is 1. The quantitative estimate of drug-likeness (QED) is 0.606. The van der Waals surface area contributed by atoms with E-state index in [2.05, 4.69) is 5.10 Å². The van der Waals surface area contributed by atoms with E-state index in [9.17, 15) is 22.8 Å². The average Bonchev–Trinajstić information content (AvgIpc) is 3.30. The molecule has 0 radical (unpaired) electrons. The number of fused-ring (bicyclic) bond motifs is 2. The lowest BCUT2D eigenvalue weighted by Crippen LogP contribution is -2.51. The molecule has 1 saturated heterocycles. The highest BCUT2D eigenvalue weighted by Gasteiger charge is 2.31. The van der Waals surface area contributed by atoms with Crippen LogP contribution in [0.25, 0.3) is 10.8 Å². The Labute approximate surface area is 190 Å². The third kappa shape index (κ3) is 3.89. The lowest BCUT2D eigenvalue weighted by molar-refractivity contribution is -0.133. The maximum Gasteiger partial charge on any atom is 0.273 e. The van der Waals surface area contributed by atoms with E-state index in [1.54, 1.807) is 36.4 Å². The summed E-state index contributed by atoms with van der Waals surface area (Å²) in [7, 11) is -3.64. The zero-order valence-corrected chi connectivity index (χ0v) is 18.8. The number of nitrogens with one attached hydrogen (secondary N) is 1. The lowest BCUT2D eigenvalue weighted by Gasteiger charge is -2.34. The van der Waals surface area contributed by atoms with Gasteiger partial charge in [-0.2, -0.15) is 4.31 Å². The first-order chi connectivity index (χ1) is 15.8. The van der Waals surface area contributed by atoms with E-state index >= 15 is 0 Å². The minimum absolute atomic E-state index is 0.175. The van der Waals surface area contributed by atoms with Crippen molar-refractivity contribution in [2.24, 2.45) is 0 Å². The van der Waals surface area contributed by atoms with E-state index in [1.807, 2.05) is 6.07 Å². The summed E-state index contributed by atoms with van der Waals surface area (Å²) in [4.78, 5) is 39.5. The number of nitrogens with zero attached hydrogens (tertiary/aromatic N) is 3. The summed E-state index contributed by atoms with van der Waals surface area (Å²) in [6.45, 7) is 0.476. The highest BCUT2D eigenvalue weighted by atomic mass is 32.2. The lowest BCUT2D eigenvalue weighted by atomic mass is 10.1. The molecule has 9 nitrogen and oxygen atoms in total. The van der Waals surface area contributed by atoms with Crippen molar-refractivity contribution in [3.8, 4) is 0 Å². The second-order valence-electron chi connectivity index (χ2n) is 8.45. The third-order valence-electron chi connectivity index (χ3n) is 6.48. The minimum atomic E-state index is -3.64. The van der Waals surface area contributed by atoms with E-state index in [0.29, 0.717) is 4.90 Å². The summed E-state index contributed by atoms with van der Waals surface area (Å²) >= 11 is 0. The molecule has 1 aromatic heterocycles. The molecule has 0 saturated carbocycles. The molecule has 5 rings (SSSR count). The molecule has 2 aromatic carbocycles. The van der Waals surface area contributed by atoms with Gasteiger partial charge >= 0.3 is 0 Å². The molecular formula is C23H24N4O5S. The number of aromatic nitrogens is 2. The first kappa shape index (κ1) is 21.6. The van der Waals surface area contributed by atoms with Gasteiger partial charge in [-0.15, -0.1) is 0 Å². The van der Waals surface area contributed by atoms with E-state index in [-0.39, 0.29) is 49.4 Å². The van der Waals surface area contributed by atoms with Crippen molar-refractivity contribution in [2.45, 2.75) is 30.7 Å². The number of carbonyl (C=O) groups is 1. The molecule has 0 unspecified atom stereocenters. The van der Waals surface area contributed by atoms with Crippen LogP contribution in [0.5, 0.6) is 0 Å². The van der Waals surface area contributed by atoms with Crippen LogP contribution in [-0.4, -0.2) is 59.5 Å². The molecule has 2 heterocycles. The number of aryl methyl sites for hydroxylation is 2. The number of sulfonamides is 1. The monoisotopic (exact) mass is 468 g/mol. The van der Waals surface area contributed by atoms with E-state index < -0.39 is 21.1 Å². The Kier molecular flexibility index (Phi) is 5.41. The zero-order valence-electron chi connectivity index (χ0n) is 18.0. The number of H-pyrrole nitrogens is 1. The first-order valence-corrected chi connectivity index (χ1v) is 12.4. The SMILES string of the molecule is O=C(Cn1[nH]c(=O)c2ccccc2c1=O)N1CCN(S(=O)(=O)c2ccc3c(c2)CCC3)CC1. The van der Waals surface area contributed by atoms with Gasteiger partial charge in [-0.1, -0.05) is 18.2 Å². The van der Waals surface area contributed by atoms with Crippen molar-refractivity contribution >= 4 is 26.7 Å². The van der Waals surface area contributed by atoms with Crippen molar-refractivity contribution in [3.05, 3.63) is 74.3 Å². The highest BCUT2D eigenvalue weighted by molar-refractivity contribution is 7.89. The molecular weight excluding hydrogens is 444 g/mol. The Bertz CT molecular complexity index is 1470. The van der Waals surface area contributed by atoms with Crippen molar-refractivity contribution in [1.82, 2.24) is 19.0 Å². The Hall–Kier alpha value is -3.24. The van der Waals surface area contributed by atoms with Crippen molar-refractivity contribution in [3.63, 3.8) is 0 Å². The molecule has 172 valence electrons. The van der Waals surface area contributed by atoms with Crippen LogP contribution in [0.15, 0.2) is 56.9 Å². The van der Waals surface area contributed by atoms with Gasteiger partial charge in [-0.25, -0.2) is 13.1 Å². The van der Waals surface area contributed by atoms with Crippen LogP contribution in [-0.2, 0) is 34.2 Å². The number of piperazine rings is 1. The fourth-order valence-electron chi connectivity index (χ4n) is 4.63. The molecule has 0 spiro atoms. The van der Waals surface area contributed by atoms with Crippen LogP contribution in [0.2, 0.25) is 0 Å². The van der Waals surface area contributed by atoms with Gasteiger partial charge in [0.2, 0.25) is 15.9 Å². The minimum Gasteiger partial charge on any atom is -0.338 e. The standard InChI is InChI=1S/C23H24N4O5S/c28-21(15-27-23(30)20-7-2-1-6-19(20)22(29)24-27)25-10-12-26(13-11-25)33(31,32)18-9-8-16-4-3-5-17(16)14-18/h1-2,6-9,14H,3-5,10-13,15H2,(H,24,29). The number of aromatic amines is 1.